The summed E-state index contributed by atoms with van der Waals surface area (Å²) in [6.07, 6.45) is 3.70. The van der Waals surface area contributed by atoms with E-state index in [9.17, 15) is 0 Å². The van der Waals surface area contributed by atoms with Crippen molar-refractivity contribution in [1.82, 2.24) is 29.7 Å². The molecule has 0 unspecified atom stereocenters. The largest absolute Gasteiger partial charge is 0.369 e. The van der Waals surface area contributed by atoms with Crippen molar-refractivity contribution in [2.24, 2.45) is 0 Å². The molecule has 5 heterocycles. The summed E-state index contributed by atoms with van der Waals surface area (Å²) in [7, 11) is 0. The van der Waals surface area contributed by atoms with Gasteiger partial charge in [0.05, 0.1) is 35.7 Å². The zero-order chi connectivity index (χ0) is 20.2. The number of fused-ring (bicyclic) bond motifs is 4. The summed E-state index contributed by atoms with van der Waals surface area (Å²) in [6, 6.07) is 9.29. The number of rotatable bonds is 2. The van der Waals surface area contributed by atoms with Crippen LogP contribution < -0.4 is 15.1 Å². The van der Waals surface area contributed by atoms with E-state index in [1.54, 1.807) is 6.33 Å². The van der Waals surface area contributed by atoms with Crippen molar-refractivity contribution < 1.29 is 0 Å². The quantitative estimate of drug-likeness (QED) is 0.555. The minimum absolute atomic E-state index is 0.301. The predicted molar refractivity (Wildman–Crippen MR) is 118 cm³/mol. The number of hydrogen-bond acceptors (Lipinski definition) is 6. The van der Waals surface area contributed by atoms with Gasteiger partial charge in [-0.3, -0.25) is 4.68 Å². The van der Waals surface area contributed by atoms with Crippen molar-refractivity contribution in [3.8, 4) is 0 Å². The number of hydrogen-bond donors (Lipinski definition) is 1. The van der Waals surface area contributed by atoms with Crippen LogP contribution in [-0.4, -0.2) is 57.1 Å². The van der Waals surface area contributed by atoms with Crippen LogP contribution in [0.2, 0.25) is 0 Å². The topological polar surface area (TPSA) is 66.5 Å². The summed E-state index contributed by atoms with van der Waals surface area (Å²) < 4.78 is 4.10. The first kappa shape index (κ1) is 17.7. The summed E-state index contributed by atoms with van der Waals surface area (Å²) in [6.45, 7) is 10.3. The smallest absolute Gasteiger partial charge is 0.158 e. The fourth-order valence-electron chi connectivity index (χ4n) is 4.88. The summed E-state index contributed by atoms with van der Waals surface area (Å²) in [5.41, 5.74) is 6.89. The Morgan fingerprint density at radius 2 is 1.93 bits per heavy atom. The molecule has 154 valence electrons. The minimum atomic E-state index is 0.301. The van der Waals surface area contributed by atoms with Crippen LogP contribution in [0.4, 0.5) is 11.4 Å². The zero-order valence-electron chi connectivity index (χ0n) is 17.4. The van der Waals surface area contributed by atoms with E-state index in [-0.39, 0.29) is 0 Å². The highest BCUT2D eigenvalue weighted by Crippen LogP contribution is 2.33. The second kappa shape index (κ2) is 6.70. The van der Waals surface area contributed by atoms with Crippen molar-refractivity contribution in [1.29, 1.82) is 0 Å². The summed E-state index contributed by atoms with van der Waals surface area (Å²) in [5.74, 6) is 0. The number of aromatic nitrogens is 5. The molecule has 4 aromatic rings. The maximum atomic E-state index is 5.00. The van der Waals surface area contributed by atoms with Crippen LogP contribution in [0.5, 0.6) is 0 Å². The molecule has 1 N–H and O–H groups in total. The normalized spacial score (nSPS) is 19.6. The standard InChI is InChI=1S/C22H26N8/c1-15-9-18(12-29-22(15)24-14-25-29)28-11-16(2)30-21(13-28)19-4-3-17(10-20(19)26-30)27-7-5-23-6-8-27/h3-4,9-10,12,14,16,23H,5-8,11,13H2,1-2H3/t16-/m1/s1. The number of piperazine rings is 1. The summed E-state index contributed by atoms with van der Waals surface area (Å²) in [5, 5.41) is 14.0. The van der Waals surface area contributed by atoms with Crippen molar-refractivity contribution >= 4 is 27.9 Å². The molecule has 1 saturated heterocycles. The number of nitrogens with one attached hydrogen (secondary N) is 1. The lowest BCUT2D eigenvalue weighted by Gasteiger charge is -2.34. The van der Waals surface area contributed by atoms with Crippen molar-refractivity contribution in [2.45, 2.75) is 26.4 Å². The van der Waals surface area contributed by atoms with Gasteiger partial charge < -0.3 is 15.1 Å². The molecule has 0 saturated carbocycles. The Balaban J connectivity index is 1.37. The number of aryl methyl sites for hydroxylation is 1. The molecule has 8 nitrogen and oxygen atoms in total. The Bertz CT molecular complexity index is 1230. The van der Waals surface area contributed by atoms with Gasteiger partial charge in [-0.2, -0.15) is 10.2 Å². The van der Waals surface area contributed by atoms with Gasteiger partial charge in [-0.15, -0.1) is 0 Å². The Morgan fingerprint density at radius 3 is 2.80 bits per heavy atom. The maximum absolute atomic E-state index is 5.00. The second-order valence-electron chi connectivity index (χ2n) is 8.47. The predicted octanol–water partition coefficient (Wildman–Crippen LogP) is 2.38. The molecule has 0 spiro atoms. The first-order valence-corrected chi connectivity index (χ1v) is 10.7. The molecular formula is C22H26N8. The third kappa shape index (κ3) is 2.74. The minimum Gasteiger partial charge on any atom is -0.369 e. The van der Waals surface area contributed by atoms with Gasteiger partial charge in [0.2, 0.25) is 0 Å². The molecule has 0 aliphatic carbocycles. The molecule has 0 bridgehead atoms. The Kier molecular flexibility index (Phi) is 3.95. The molecule has 30 heavy (non-hydrogen) atoms. The molecule has 0 amide bonds. The van der Waals surface area contributed by atoms with Gasteiger partial charge in [-0.25, -0.2) is 9.50 Å². The van der Waals surface area contributed by atoms with E-state index < -0.39 is 0 Å². The average molecular weight is 403 g/mol. The molecule has 2 aliphatic heterocycles. The molecule has 6 rings (SSSR count). The Morgan fingerprint density at radius 1 is 1.07 bits per heavy atom. The highest BCUT2D eigenvalue weighted by atomic mass is 15.4. The molecule has 0 radical (unpaired) electrons. The summed E-state index contributed by atoms with van der Waals surface area (Å²) in [4.78, 5) is 9.22. The third-order valence-corrected chi connectivity index (χ3v) is 6.42. The van der Waals surface area contributed by atoms with Gasteiger partial charge in [0.25, 0.3) is 0 Å². The van der Waals surface area contributed by atoms with E-state index in [0.717, 1.165) is 56.0 Å². The highest BCUT2D eigenvalue weighted by Gasteiger charge is 2.26. The van der Waals surface area contributed by atoms with Gasteiger partial charge in [-0.1, -0.05) is 0 Å². The highest BCUT2D eigenvalue weighted by molar-refractivity contribution is 5.85. The third-order valence-electron chi connectivity index (χ3n) is 6.42. The van der Waals surface area contributed by atoms with Gasteiger partial charge in [0.15, 0.2) is 5.65 Å². The van der Waals surface area contributed by atoms with Crippen molar-refractivity contribution in [2.75, 3.05) is 42.5 Å². The van der Waals surface area contributed by atoms with E-state index in [1.807, 2.05) is 4.52 Å². The molecule has 1 fully saturated rings. The lowest BCUT2D eigenvalue weighted by Crippen LogP contribution is -2.43. The van der Waals surface area contributed by atoms with Crippen LogP contribution in [0.3, 0.4) is 0 Å². The SMILES string of the molecule is Cc1cc(N2Cc3c4ccc(N5CCNCC5)cc4nn3[C@H](C)C2)cn2ncnc12. The molecule has 3 aromatic heterocycles. The second-order valence-corrected chi connectivity index (χ2v) is 8.47. The number of benzene rings is 1. The monoisotopic (exact) mass is 402 g/mol. The molecule has 1 aromatic carbocycles. The molecule has 8 heteroatoms. The number of anilines is 2. The van der Waals surface area contributed by atoms with E-state index >= 15 is 0 Å². The lowest BCUT2D eigenvalue weighted by molar-refractivity contribution is 0.430. The van der Waals surface area contributed by atoms with Gasteiger partial charge in [-0.05, 0) is 43.7 Å². The van der Waals surface area contributed by atoms with E-state index in [2.05, 4.69) is 74.2 Å². The van der Waals surface area contributed by atoms with Crippen LogP contribution in [0.1, 0.15) is 24.2 Å². The maximum Gasteiger partial charge on any atom is 0.158 e. The number of nitrogens with zero attached hydrogens (tertiary/aromatic N) is 7. The fraction of sp³-hybridized carbons (Fsp3) is 0.409. The lowest BCUT2D eigenvalue weighted by atomic mass is 10.1. The van der Waals surface area contributed by atoms with Crippen LogP contribution in [0.15, 0.2) is 36.8 Å². The van der Waals surface area contributed by atoms with Gasteiger partial charge in [0.1, 0.15) is 6.33 Å². The summed E-state index contributed by atoms with van der Waals surface area (Å²) >= 11 is 0. The Labute approximate surface area is 175 Å². The van der Waals surface area contributed by atoms with Gasteiger partial charge in [0, 0.05) is 43.8 Å². The van der Waals surface area contributed by atoms with Crippen LogP contribution in [0.25, 0.3) is 16.6 Å². The van der Waals surface area contributed by atoms with E-state index in [4.69, 9.17) is 5.10 Å². The van der Waals surface area contributed by atoms with Crippen LogP contribution in [-0.2, 0) is 6.54 Å². The average Bonchev–Trinajstić information content (AvgIpc) is 3.39. The first-order chi connectivity index (χ1) is 14.7. The van der Waals surface area contributed by atoms with Crippen molar-refractivity contribution in [3.05, 3.63) is 48.0 Å². The fourth-order valence-corrected chi connectivity index (χ4v) is 4.88. The Hall–Kier alpha value is -3.13. The molecular weight excluding hydrogens is 376 g/mol. The zero-order valence-corrected chi connectivity index (χ0v) is 17.4. The van der Waals surface area contributed by atoms with E-state index in [0.29, 0.717) is 6.04 Å². The first-order valence-electron chi connectivity index (χ1n) is 10.7. The molecule has 1 atom stereocenters. The van der Waals surface area contributed by atoms with Crippen LogP contribution in [0, 0.1) is 6.92 Å². The van der Waals surface area contributed by atoms with Gasteiger partial charge >= 0.3 is 0 Å². The number of pyridine rings is 1. The van der Waals surface area contributed by atoms with E-state index in [1.165, 1.54) is 22.5 Å². The van der Waals surface area contributed by atoms with Crippen LogP contribution >= 0.6 is 0 Å². The van der Waals surface area contributed by atoms with Crippen molar-refractivity contribution in [3.63, 3.8) is 0 Å². The molecule has 2 aliphatic rings.